The van der Waals surface area contributed by atoms with Gasteiger partial charge in [-0.15, -0.1) is 0 Å². The van der Waals surface area contributed by atoms with Crippen LogP contribution >= 0.6 is 15.9 Å². The van der Waals surface area contributed by atoms with Crippen molar-refractivity contribution in [1.82, 2.24) is 4.90 Å². The monoisotopic (exact) mass is 390 g/mol. The molecule has 0 spiro atoms. The number of amides is 2. The first-order valence-electron chi connectivity index (χ1n) is 7.42. The van der Waals surface area contributed by atoms with Gasteiger partial charge in [-0.1, -0.05) is 34.1 Å². The van der Waals surface area contributed by atoms with Gasteiger partial charge in [0.2, 0.25) is 11.8 Å². The molecule has 0 aliphatic rings. The fraction of sp³-hybridized carbons (Fsp3) is 0.222. The fourth-order valence-electron chi connectivity index (χ4n) is 2.22. The van der Waals surface area contributed by atoms with Gasteiger partial charge in [-0.05, 0) is 30.3 Å². The molecule has 0 radical (unpaired) electrons. The summed E-state index contributed by atoms with van der Waals surface area (Å²) < 4.78 is 6.23. The molecule has 2 amide bonds. The van der Waals surface area contributed by atoms with E-state index < -0.39 is 0 Å². The topological polar surface area (TPSA) is 58.6 Å². The summed E-state index contributed by atoms with van der Waals surface area (Å²) in [6, 6.07) is 14.7. The van der Waals surface area contributed by atoms with E-state index in [0.717, 1.165) is 10.0 Å². The minimum absolute atomic E-state index is 0.0244. The summed E-state index contributed by atoms with van der Waals surface area (Å²) >= 11 is 3.34. The van der Waals surface area contributed by atoms with Gasteiger partial charge in [0.25, 0.3) is 0 Å². The van der Waals surface area contributed by atoms with Gasteiger partial charge in [-0.25, -0.2) is 0 Å². The molecule has 0 atom stereocenters. The number of methoxy groups -OCH3 is 1. The molecule has 5 nitrogen and oxygen atoms in total. The molecule has 2 aromatic carbocycles. The van der Waals surface area contributed by atoms with Crippen LogP contribution in [-0.2, 0) is 16.1 Å². The number of anilines is 1. The highest BCUT2D eigenvalue weighted by atomic mass is 79.9. The van der Waals surface area contributed by atoms with E-state index in [1.807, 2.05) is 36.4 Å². The number of ether oxygens (including phenoxy) is 1. The van der Waals surface area contributed by atoms with E-state index >= 15 is 0 Å². The Hall–Kier alpha value is -2.34. The lowest BCUT2D eigenvalue weighted by Crippen LogP contribution is -2.36. The van der Waals surface area contributed by atoms with Gasteiger partial charge in [0.05, 0.1) is 7.11 Å². The van der Waals surface area contributed by atoms with Crippen molar-refractivity contribution in [1.29, 1.82) is 0 Å². The zero-order chi connectivity index (χ0) is 17.5. The number of carbonyl (C=O) groups is 2. The maximum absolute atomic E-state index is 12.2. The second-order valence-corrected chi connectivity index (χ2v) is 6.16. The zero-order valence-electron chi connectivity index (χ0n) is 13.6. The van der Waals surface area contributed by atoms with Crippen molar-refractivity contribution in [3.05, 3.63) is 58.6 Å². The van der Waals surface area contributed by atoms with E-state index in [0.29, 0.717) is 18.0 Å². The molecule has 0 saturated carbocycles. The van der Waals surface area contributed by atoms with Crippen LogP contribution in [0.5, 0.6) is 5.75 Å². The molecule has 2 aromatic rings. The molecule has 2 rings (SSSR count). The highest BCUT2D eigenvalue weighted by Gasteiger charge is 2.16. The number of nitrogens with zero attached hydrogens (tertiary/aromatic N) is 1. The summed E-state index contributed by atoms with van der Waals surface area (Å²) in [4.78, 5) is 25.6. The Labute approximate surface area is 149 Å². The van der Waals surface area contributed by atoms with Crippen molar-refractivity contribution >= 4 is 33.4 Å². The number of carbonyl (C=O) groups excluding carboxylic acids is 2. The van der Waals surface area contributed by atoms with Gasteiger partial charge >= 0.3 is 0 Å². The van der Waals surface area contributed by atoms with E-state index in [4.69, 9.17) is 4.74 Å². The first kappa shape index (κ1) is 18.0. The van der Waals surface area contributed by atoms with Crippen molar-refractivity contribution in [2.24, 2.45) is 0 Å². The highest BCUT2D eigenvalue weighted by Crippen LogP contribution is 2.19. The smallest absolute Gasteiger partial charge is 0.244 e. The zero-order valence-corrected chi connectivity index (χ0v) is 15.2. The van der Waals surface area contributed by atoms with Gasteiger partial charge in [-0.3, -0.25) is 9.59 Å². The number of rotatable bonds is 6. The first-order chi connectivity index (χ1) is 11.5. The number of benzene rings is 2. The van der Waals surface area contributed by atoms with Gasteiger partial charge in [0, 0.05) is 29.2 Å². The Kier molecular flexibility index (Phi) is 6.37. The Bertz CT molecular complexity index is 716. The molecule has 0 bridgehead atoms. The van der Waals surface area contributed by atoms with Gasteiger partial charge in [0.1, 0.15) is 12.3 Å². The molecule has 0 fully saturated rings. The normalized spacial score (nSPS) is 10.1. The van der Waals surface area contributed by atoms with Crippen LogP contribution in [0.4, 0.5) is 5.69 Å². The van der Waals surface area contributed by atoms with Crippen LogP contribution < -0.4 is 10.1 Å². The maximum atomic E-state index is 12.2. The molecule has 0 heterocycles. The molecule has 0 unspecified atom stereocenters. The molecule has 0 aliphatic heterocycles. The standard InChI is InChI=1S/C18H19BrN2O3/c1-13(22)21(11-14-5-3-4-6-17(14)24-2)12-18(23)20-16-9-7-15(19)8-10-16/h3-10H,11-12H2,1-2H3,(H,20,23). The second kappa shape index (κ2) is 8.49. The predicted molar refractivity (Wildman–Crippen MR) is 96.9 cm³/mol. The van der Waals surface area contributed by atoms with E-state index in [9.17, 15) is 9.59 Å². The van der Waals surface area contributed by atoms with Gasteiger partial charge in [0.15, 0.2) is 0 Å². The van der Waals surface area contributed by atoms with Crippen LogP contribution in [0.15, 0.2) is 53.0 Å². The molecular weight excluding hydrogens is 372 g/mol. The Morgan fingerprint density at radius 2 is 1.79 bits per heavy atom. The third-order valence-electron chi connectivity index (χ3n) is 3.46. The molecule has 6 heteroatoms. The lowest BCUT2D eigenvalue weighted by molar-refractivity contribution is -0.133. The minimum atomic E-state index is -0.248. The molecule has 0 aliphatic carbocycles. The van der Waals surface area contributed by atoms with Crippen molar-refractivity contribution in [2.45, 2.75) is 13.5 Å². The lowest BCUT2D eigenvalue weighted by atomic mass is 10.2. The summed E-state index contributed by atoms with van der Waals surface area (Å²) in [7, 11) is 1.58. The van der Waals surface area contributed by atoms with E-state index in [1.54, 1.807) is 19.2 Å². The highest BCUT2D eigenvalue weighted by molar-refractivity contribution is 9.10. The van der Waals surface area contributed by atoms with E-state index in [-0.39, 0.29) is 18.4 Å². The Morgan fingerprint density at radius 1 is 1.12 bits per heavy atom. The van der Waals surface area contributed by atoms with E-state index in [1.165, 1.54) is 11.8 Å². The molecule has 126 valence electrons. The first-order valence-corrected chi connectivity index (χ1v) is 8.21. The SMILES string of the molecule is COc1ccccc1CN(CC(=O)Nc1ccc(Br)cc1)C(C)=O. The molecular formula is C18H19BrN2O3. The van der Waals surface area contributed by atoms with Crippen LogP contribution in [0.25, 0.3) is 0 Å². The van der Waals surface area contributed by atoms with Crippen molar-refractivity contribution in [3.8, 4) is 5.75 Å². The Balaban J connectivity index is 2.04. The quantitative estimate of drug-likeness (QED) is 0.821. The summed E-state index contributed by atoms with van der Waals surface area (Å²) in [5.41, 5.74) is 1.54. The van der Waals surface area contributed by atoms with Crippen LogP contribution in [-0.4, -0.2) is 30.4 Å². The van der Waals surface area contributed by atoms with Crippen molar-refractivity contribution in [2.75, 3.05) is 19.0 Å². The van der Waals surface area contributed by atoms with Crippen molar-refractivity contribution in [3.63, 3.8) is 0 Å². The molecule has 0 aromatic heterocycles. The second-order valence-electron chi connectivity index (χ2n) is 5.24. The van der Waals surface area contributed by atoms with Gasteiger partial charge < -0.3 is 15.0 Å². The third kappa shape index (κ3) is 5.09. The number of hydrogen-bond acceptors (Lipinski definition) is 3. The summed E-state index contributed by atoms with van der Waals surface area (Å²) in [6.45, 7) is 1.73. The number of hydrogen-bond donors (Lipinski definition) is 1. The average Bonchev–Trinajstić information content (AvgIpc) is 2.56. The average molecular weight is 391 g/mol. The van der Waals surface area contributed by atoms with E-state index in [2.05, 4.69) is 21.2 Å². The maximum Gasteiger partial charge on any atom is 0.244 e. The molecule has 0 saturated heterocycles. The van der Waals surface area contributed by atoms with Crippen LogP contribution in [0.3, 0.4) is 0 Å². The number of nitrogens with one attached hydrogen (secondary N) is 1. The Morgan fingerprint density at radius 3 is 2.42 bits per heavy atom. The van der Waals surface area contributed by atoms with Crippen LogP contribution in [0.1, 0.15) is 12.5 Å². The fourth-order valence-corrected chi connectivity index (χ4v) is 2.49. The van der Waals surface area contributed by atoms with Crippen molar-refractivity contribution < 1.29 is 14.3 Å². The minimum Gasteiger partial charge on any atom is -0.496 e. The molecule has 24 heavy (non-hydrogen) atoms. The van der Waals surface area contributed by atoms with Crippen LogP contribution in [0.2, 0.25) is 0 Å². The molecule has 1 N–H and O–H groups in total. The predicted octanol–water partition coefficient (Wildman–Crippen LogP) is 3.44. The summed E-state index contributed by atoms with van der Waals surface area (Å²) in [5.74, 6) is 0.270. The largest absolute Gasteiger partial charge is 0.496 e. The lowest BCUT2D eigenvalue weighted by Gasteiger charge is -2.21. The number of para-hydroxylation sites is 1. The number of halogens is 1. The summed E-state index contributed by atoms with van der Waals surface area (Å²) in [6.07, 6.45) is 0. The third-order valence-corrected chi connectivity index (χ3v) is 3.99. The van der Waals surface area contributed by atoms with Gasteiger partial charge in [-0.2, -0.15) is 0 Å². The summed E-state index contributed by atoms with van der Waals surface area (Å²) in [5, 5.41) is 2.78. The van der Waals surface area contributed by atoms with Crippen LogP contribution in [0, 0.1) is 0 Å².